The van der Waals surface area contributed by atoms with Crippen molar-refractivity contribution in [2.24, 2.45) is 0 Å². The first kappa shape index (κ1) is 13.8. The van der Waals surface area contributed by atoms with E-state index < -0.39 is 30.5 Å². The zero-order valence-electron chi connectivity index (χ0n) is 8.33. The van der Waals surface area contributed by atoms with E-state index in [1.54, 1.807) is 0 Å². The summed E-state index contributed by atoms with van der Waals surface area (Å²) in [5, 5.41) is 47.6. The van der Waals surface area contributed by atoms with Crippen LogP contribution >= 0.6 is 0 Å². The van der Waals surface area contributed by atoms with Crippen LogP contribution in [0, 0.1) is 0 Å². The summed E-state index contributed by atoms with van der Waals surface area (Å²) >= 11 is 0. The van der Waals surface area contributed by atoms with Gasteiger partial charge in [0.2, 0.25) is 0 Å². The van der Waals surface area contributed by atoms with E-state index in [0.29, 0.717) is 0 Å². The second-order valence-electron chi connectivity index (χ2n) is 3.34. The lowest BCUT2D eigenvalue weighted by Gasteiger charge is -2.35. The summed E-state index contributed by atoms with van der Waals surface area (Å²) in [6.45, 7) is 0. The average molecular weight is 209 g/mol. The first-order valence-corrected chi connectivity index (χ1v) is 4.44. The van der Waals surface area contributed by atoms with Gasteiger partial charge in [-0.3, -0.25) is 0 Å². The molecule has 0 aliphatic heterocycles. The summed E-state index contributed by atoms with van der Waals surface area (Å²) in [6.07, 6.45) is -6.64. The van der Waals surface area contributed by atoms with Gasteiger partial charge in [-0.15, -0.1) is 0 Å². The predicted octanol–water partition coefficient (Wildman–Crippen LogP) is -2.97. The van der Waals surface area contributed by atoms with Crippen LogP contribution in [0.5, 0.6) is 0 Å². The second-order valence-corrected chi connectivity index (χ2v) is 3.34. The fourth-order valence-electron chi connectivity index (χ4n) is 1.18. The lowest BCUT2D eigenvalue weighted by Crippen LogP contribution is -2.55. The Morgan fingerprint density at radius 2 is 1.07 bits per heavy atom. The van der Waals surface area contributed by atoms with Crippen molar-refractivity contribution in [2.75, 3.05) is 14.1 Å². The number of aliphatic hydroxyl groups is 5. The van der Waals surface area contributed by atoms with Crippen molar-refractivity contribution >= 4 is 0 Å². The van der Waals surface area contributed by atoms with Gasteiger partial charge in [0.1, 0.15) is 18.3 Å². The van der Waals surface area contributed by atoms with E-state index in [4.69, 9.17) is 25.5 Å². The molecule has 0 aromatic carbocycles. The minimum atomic E-state index is -1.46. The molecule has 1 aliphatic carbocycles. The maximum atomic E-state index is 8.97. The number of hydrogen-bond donors (Lipinski definition) is 6. The molecule has 0 spiro atoms. The van der Waals surface area contributed by atoms with Gasteiger partial charge in [-0.05, 0) is 14.1 Å². The van der Waals surface area contributed by atoms with Gasteiger partial charge in [-0.2, -0.15) is 0 Å². The number of aliphatic hydroxyl groups excluding tert-OH is 5. The molecule has 1 aliphatic rings. The molecule has 0 aromatic rings. The topological polar surface area (TPSA) is 113 Å². The zero-order chi connectivity index (χ0) is 11.3. The fraction of sp³-hybridized carbons (Fsp3) is 1.00. The number of rotatable bonds is 0. The van der Waals surface area contributed by atoms with Crippen molar-refractivity contribution in [3.05, 3.63) is 0 Å². The third-order valence-electron chi connectivity index (χ3n) is 1.97. The van der Waals surface area contributed by atoms with E-state index in [1.165, 1.54) is 0 Å². The van der Waals surface area contributed by atoms with Crippen molar-refractivity contribution < 1.29 is 25.5 Å². The molecule has 0 heterocycles. The molecule has 0 radical (unpaired) electrons. The summed E-state index contributed by atoms with van der Waals surface area (Å²) < 4.78 is 0. The SMILES string of the molecule is CNC.OC1CC(O)C(O)C(O)C1O. The molecule has 6 heteroatoms. The predicted molar refractivity (Wildman–Crippen MR) is 49.6 cm³/mol. The van der Waals surface area contributed by atoms with E-state index in [9.17, 15) is 0 Å². The Morgan fingerprint density at radius 3 is 1.36 bits per heavy atom. The molecular formula is C8H19NO5. The Bertz CT molecular complexity index is 143. The summed E-state index contributed by atoms with van der Waals surface area (Å²) in [7, 11) is 3.75. The molecular weight excluding hydrogens is 190 g/mol. The smallest absolute Gasteiger partial charge is 0.111 e. The van der Waals surface area contributed by atoms with Crippen LogP contribution in [-0.4, -0.2) is 70.1 Å². The van der Waals surface area contributed by atoms with Crippen LogP contribution in [-0.2, 0) is 0 Å². The Hall–Kier alpha value is -0.240. The van der Waals surface area contributed by atoms with Gasteiger partial charge >= 0.3 is 0 Å². The van der Waals surface area contributed by atoms with E-state index in [2.05, 4.69) is 5.32 Å². The Kier molecular flexibility index (Phi) is 6.17. The molecule has 0 saturated heterocycles. The highest BCUT2D eigenvalue weighted by Gasteiger charge is 2.40. The third-order valence-corrected chi connectivity index (χ3v) is 1.97. The van der Waals surface area contributed by atoms with E-state index in [0.717, 1.165) is 0 Å². The maximum Gasteiger partial charge on any atom is 0.111 e. The first-order valence-electron chi connectivity index (χ1n) is 4.44. The molecule has 6 N–H and O–H groups in total. The molecule has 1 saturated carbocycles. The van der Waals surface area contributed by atoms with Gasteiger partial charge in [-0.1, -0.05) is 0 Å². The Labute approximate surface area is 82.8 Å². The van der Waals surface area contributed by atoms with Crippen LogP contribution in [0.15, 0.2) is 0 Å². The number of nitrogens with one attached hydrogen (secondary N) is 1. The second kappa shape index (κ2) is 6.28. The first-order chi connectivity index (χ1) is 6.45. The van der Waals surface area contributed by atoms with Crippen LogP contribution < -0.4 is 5.32 Å². The van der Waals surface area contributed by atoms with Crippen molar-refractivity contribution in [1.29, 1.82) is 0 Å². The van der Waals surface area contributed by atoms with Crippen LogP contribution in [0.1, 0.15) is 6.42 Å². The van der Waals surface area contributed by atoms with E-state index in [-0.39, 0.29) is 6.42 Å². The fourth-order valence-corrected chi connectivity index (χ4v) is 1.18. The quantitative estimate of drug-likeness (QED) is 0.254. The number of hydrogen-bond acceptors (Lipinski definition) is 6. The summed E-state index contributed by atoms with van der Waals surface area (Å²) in [5.41, 5.74) is 0. The Morgan fingerprint density at radius 1 is 0.786 bits per heavy atom. The molecule has 4 unspecified atom stereocenters. The van der Waals surface area contributed by atoms with Crippen LogP contribution in [0.25, 0.3) is 0 Å². The van der Waals surface area contributed by atoms with Crippen molar-refractivity contribution in [1.82, 2.24) is 5.32 Å². The molecule has 1 rings (SSSR count). The normalized spacial score (nSPS) is 42.6. The summed E-state index contributed by atoms with van der Waals surface area (Å²) in [6, 6.07) is 0. The summed E-state index contributed by atoms with van der Waals surface area (Å²) in [4.78, 5) is 0. The Balaban J connectivity index is 0.000000500. The third kappa shape index (κ3) is 3.49. The molecule has 0 bridgehead atoms. The van der Waals surface area contributed by atoms with E-state index >= 15 is 0 Å². The minimum Gasteiger partial charge on any atom is -0.390 e. The summed E-state index contributed by atoms with van der Waals surface area (Å²) in [5.74, 6) is 0. The van der Waals surface area contributed by atoms with E-state index in [1.807, 2.05) is 14.1 Å². The standard InChI is InChI=1S/C6H12O5.C2H7N/c7-2-1-3(8)5(10)6(11)4(2)9;1-3-2/h2-11H,1H2;3H,1-2H3. The van der Waals surface area contributed by atoms with Crippen molar-refractivity contribution in [3.8, 4) is 0 Å². The molecule has 1 fully saturated rings. The molecule has 0 amide bonds. The minimum absolute atomic E-state index is 0.112. The van der Waals surface area contributed by atoms with Crippen molar-refractivity contribution in [3.63, 3.8) is 0 Å². The van der Waals surface area contributed by atoms with Crippen molar-refractivity contribution in [2.45, 2.75) is 36.9 Å². The van der Waals surface area contributed by atoms with Gasteiger partial charge < -0.3 is 30.8 Å². The van der Waals surface area contributed by atoms with Gasteiger partial charge in [0.05, 0.1) is 12.2 Å². The molecule has 86 valence electrons. The molecule has 14 heavy (non-hydrogen) atoms. The highest BCUT2D eigenvalue weighted by atomic mass is 16.4. The molecule has 6 nitrogen and oxygen atoms in total. The maximum absolute atomic E-state index is 8.97. The highest BCUT2D eigenvalue weighted by Crippen LogP contribution is 2.20. The van der Waals surface area contributed by atoms with Crippen LogP contribution in [0.2, 0.25) is 0 Å². The monoisotopic (exact) mass is 209 g/mol. The van der Waals surface area contributed by atoms with Gasteiger partial charge in [0.25, 0.3) is 0 Å². The van der Waals surface area contributed by atoms with Gasteiger partial charge in [0.15, 0.2) is 0 Å². The largest absolute Gasteiger partial charge is 0.390 e. The molecule has 0 aromatic heterocycles. The average Bonchev–Trinajstić information content (AvgIpc) is 2.13. The highest BCUT2D eigenvalue weighted by molar-refractivity contribution is 4.92. The van der Waals surface area contributed by atoms with Crippen LogP contribution in [0.4, 0.5) is 0 Å². The van der Waals surface area contributed by atoms with Gasteiger partial charge in [0, 0.05) is 6.42 Å². The van der Waals surface area contributed by atoms with Gasteiger partial charge in [-0.25, -0.2) is 0 Å². The van der Waals surface area contributed by atoms with Crippen LogP contribution in [0.3, 0.4) is 0 Å². The lowest BCUT2D eigenvalue weighted by molar-refractivity contribution is -0.176. The zero-order valence-corrected chi connectivity index (χ0v) is 8.33. The lowest BCUT2D eigenvalue weighted by atomic mass is 9.87. The molecule has 4 atom stereocenters.